The lowest BCUT2D eigenvalue weighted by molar-refractivity contribution is -0.133. The summed E-state index contributed by atoms with van der Waals surface area (Å²) in [5.41, 5.74) is 5.33. The van der Waals surface area contributed by atoms with Gasteiger partial charge in [0.2, 0.25) is 5.91 Å². The monoisotopic (exact) mass is 178 g/mol. The summed E-state index contributed by atoms with van der Waals surface area (Å²) < 4.78 is 0. The Bertz CT molecular complexity index is 128. The molecule has 0 aromatic rings. The van der Waals surface area contributed by atoms with E-state index in [1.54, 1.807) is 0 Å². The van der Waals surface area contributed by atoms with E-state index in [0.29, 0.717) is 6.54 Å². The number of nitrogens with two attached hydrogens (primary N) is 1. The van der Waals surface area contributed by atoms with Gasteiger partial charge in [0.1, 0.15) is 0 Å². The van der Waals surface area contributed by atoms with Gasteiger partial charge in [-0.05, 0) is 12.8 Å². The highest BCUT2D eigenvalue weighted by molar-refractivity contribution is 5.85. The lowest BCUT2D eigenvalue weighted by atomic mass is 10.1. The Balaban J connectivity index is 0.000001000. The standard InChI is InChI=1S/C7H14N2O.ClH/c8-4-6-9-5-2-1-3-7(9)10;/h1-6,8H2;1H. The third-order valence-corrected chi connectivity index (χ3v) is 1.82. The fourth-order valence-electron chi connectivity index (χ4n) is 1.25. The number of piperidine rings is 1. The van der Waals surface area contributed by atoms with Gasteiger partial charge in [-0.15, -0.1) is 12.4 Å². The van der Waals surface area contributed by atoms with Crippen LogP contribution in [0.5, 0.6) is 0 Å². The average molecular weight is 179 g/mol. The summed E-state index contributed by atoms with van der Waals surface area (Å²) >= 11 is 0. The van der Waals surface area contributed by atoms with Crippen molar-refractivity contribution < 1.29 is 4.79 Å². The first-order chi connectivity index (χ1) is 4.84. The van der Waals surface area contributed by atoms with Crippen molar-refractivity contribution >= 4 is 18.3 Å². The van der Waals surface area contributed by atoms with Gasteiger partial charge in [0, 0.05) is 26.1 Å². The molecule has 4 heteroatoms. The predicted octanol–water partition coefficient (Wildman–Crippen LogP) is 0.379. The average Bonchev–Trinajstić information content (AvgIpc) is 1.94. The molecule has 1 rings (SSSR count). The second-order valence-electron chi connectivity index (χ2n) is 2.63. The van der Waals surface area contributed by atoms with Gasteiger partial charge in [-0.2, -0.15) is 0 Å². The minimum absolute atomic E-state index is 0. The molecule has 0 radical (unpaired) electrons. The first-order valence-corrected chi connectivity index (χ1v) is 3.82. The number of carbonyl (C=O) groups is 1. The molecule has 1 aliphatic heterocycles. The van der Waals surface area contributed by atoms with Gasteiger partial charge < -0.3 is 10.6 Å². The quantitative estimate of drug-likeness (QED) is 0.665. The van der Waals surface area contributed by atoms with Crippen LogP contribution in [0.1, 0.15) is 19.3 Å². The van der Waals surface area contributed by atoms with E-state index in [4.69, 9.17) is 5.73 Å². The smallest absolute Gasteiger partial charge is 0.222 e. The van der Waals surface area contributed by atoms with Gasteiger partial charge in [0.15, 0.2) is 0 Å². The second kappa shape index (κ2) is 5.38. The molecular weight excluding hydrogens is 164 g/mol. The van der Waals surface area contributed by atoms with Crippen molar-refractivity contribution in [2.75, 3.05) is 19.6 Å². The fraction of sp³-hybridized carbons (Fsp3) is 0.857. The van der Waals surface area contributed by atoms with Crippen LogP contribution in [-0.2, 0) is 4.79 Å². The summed E-state index contributed by atoms with van der Waals surface area (Å²) in [7, 11) is 0. The Morgan fingerprint density at radius 1 is 1.45 bits per heavy atom. The summed E-state index contributed by atoms with van der Waals surface area (Å²) in [5, 5.41) is 0. The van der Waals surface area contributed by atoms with Crippen LogP contribution in [-0.4, -0.2) is 30.4 Å². The molecule has 1 fully saturated rings. The molecule has 1 heterocycles. The van der Waals surface area contributed by atoms with Crippen LogP contribution in [0.15, 0.2) is 0 Å². The third kappa shape index (κ3) is 3.08. The van der Waals surface area contributed by atoms with Gasteiger partial charge in [-0.3, -0.25) is 4.79 Å². The Morgan fingerprint density at radius 3 is 2.73 bits per heavy atom. The van der Waals surface area contributed by atoms with Gasteiger partial charge >= 0.3 is 0 Å². The van der Waals surface area contributed by atoms with Crippen LogP contribution in [0.25, 0.3) is 0 Å². The molecule has 0 aromatic carbocycles. The lowest BCUT2D eigenvalue weighted by Crippen LogP contribution is -2.38. The summed E-state index contributed by atoms with van der Waals surface area (Å²) in [6, 6.07) is 0. The largest absolute Gasteiger partial charge is 0.341 e. The number of rotatable bonds is 2. The molecule has 3 nitrogen and oxygen atoms in total. The lowest BCUT2D eigenvalue weighted by Gasteiger charge is -2.25. The molecule has 0 unspecified atom stereocenters. The van der Waals surface area contributed by atoms with E-state index in [1.807, 2.05) is 4.90 Å². The normalized spacial score (nSPS) is 17.9. The molecular formula is C7H15ClN2O. The Labute approximate surface area is 73.3 Å². The summed E-state index contributed by atoms with van der Waals surface area (Å²) in [5.74, 6) is 0.275. The zero-order valence-corrected chi connectivity index (χ0v) is 7.40. The van der Waals surface area contributed by atoms with Crippen LogP contribution in [0, 0.1) is 0 Å². The number of amides is 1. The molecule has 11 heavy (non-hydrogen) atoms. The first kappa shape index (κ1) is 10.7. The molecule has 1 amide bonds. The molecule has 66 valence electrons. The number of halogens is 1. The highest BCUT2D eigenvalue weighted by Gasteiger charge is 2.15. The summed E-state index contributed by atoms with van der Waals surface area (Å²) in [4.78, 5) is 12.9. The van der Waals surface area contributed by atoms with Gasteiger partial charge in [0.25, 0.3) is 0 Å². The predicted molar refractivity (Wildman–Crippen MR) is 46.7 cm³/mol. The minimum atomic E-state index is 0. The molecule has 0 aliphatic carbocycles. The summed E-state index contributed by atoms with van der Waals surface area (Å²) in [6.07, 6.45) is 2.92. The van der Waals surface area contributed by atoms with Crippen LogP contribution >= 0.6 is 12.4 Å². The third-order valence-electron chi connectivity index (χ3n) is 1.82. The Morgan fingerprint density at radius 2 is 2.18 bits per heavy atom. The van der Waals surface area contributed by atoms with E-state index in [9.17, 15) is 4.79 Å². The van der Waals surface area contributed by atoms with Crippen molar-refractivity contribution in [3.05, 3.63) is 0 Å². The number of hydrogen-bond donors (Lipinski definition) is 1. The first-order valence-electron chi connectivity index (χ1n) is 3.82. The van der Waals surface area contributed by atoms with E-state index < -0.39 is 0 Å². The molecule has 0 saturated carbocycles. The van der Waals surface area contributed by atoms with Crippen molar-refractivity contribution in [3.63, 3.8) is 0 Å². The molecule has 0 bridgehead atoms. The van der Waals surface area contributed by atoms with Crippen molar-refractivity contribution in [2.24, 2.45) is 5.73 Å². The molecule has 0 aromatic heterocycles. The maximum absolute atomic E-state index is 11.1. The van der Waals surface area contributed by atoms with E-state index >= 15 is 0 Å². The van der Waals surface area contributed by atoms with Crippen LogP contribution in [0.2, 0.25) is 0 Å². The molecule has 2 N–H and O–H groups in total. The van der Waals surface area contributed by atoms with Gasteiger partial charge in [-0.1, -0.05) is 0 Å². The van der Waals surface area contributed by atoms with Crippen LogP contribution < -0.4 is 5.73 Å². The Hall–Kier alpha value is -0.280. The van der Waals surface area contributed by atoms with Crippen molar-refractivity contribution in [3.8, 4) is 0 Å². The molecule has 1 saturated heterocycles. The van der Waals surface area contributed by atoms with Crippen molar-refractivity contribution in [1.29, 1.82) is 0 Å². The van der Waals surface area contributed by atoms with Crippen molar-refractivity contribution in [1.82, 2.24) is 4.90 Å². The summed E-state index contributed by atoms with van der Waals surface area (Å²) in [6.45, 7) is 2.24. The fourth-order valence-corrected chi connectivity index (χ4v) is 1.25. The van der Waals surface area contributed by atoms with Crippen molar-refractivity contribution in [2.45, 2.75) is 19.3 Å². The molecule has 0 spiro atoms. The van der Waals surface area contributed by atoms with E-state index in [1.165, 1.54) is 0 Å². The molecule has 1 aliphatic rings. The zero-order chi connectivity index (χ0) is 7.40. The molecule has 0 atom stereocenters. The number of hydrogen-bond acceptors (Lipinski definition) is 2. The Kier molecular flexibility index (Phi) is 5.24. The van der Waals surface area contributed by atoms with Crippen LogP contribution in [0.3, 0.4) is 0 Å². The number of nitrogens with zero attached hydrogens (tertiary/aromatic N) is 1. The maximum Gasteiger partial charge on any atom is 0.222 e. The number of carbonyl (C=O) groups excluding carboxylic acids is 1. The second-order valence-corrected chi connectivity index (χ2v) is 2.63. The highest BCUT2D eigenvalue weighted by atomic mass is 35.5. The zero-order valence-electron chi connectivity index (χ0n) is 6.58. The SMILES string of the molecule is Cl.NCCN1CCCCC1=O. The van der Waals surface area contributed by atoms with E-state index in [0.717, 1.165) is 32.4 Å². The van der Waals surface area contributed by atoms with Gasteiger partial charge in [-0.25, -0.2) is 0 Å². The number of likely N-dealkylation sites (tertiary alicyclic amines) is 1. The van der Waals surface area contributed by atoms with Crippen LogP contribution in [0.4, 0.5) is 0 Å². The van der Waals surface area contributed by atoms with E-state index in [2.05, 4.69) is 0 Å². The topological polar surface area (TPSA) is 46.3 Å². The van der Waals surface area contributed by atoms with E-state index in [-0.39, 0.29) is 18.3 Å². The van der Waals surface area contributed by atoms with Gasteiger partial charge in [0.05, 0.1) is 0 Å². The highest BCUT2D eigenvalue weighted by Crippen LogP contribution is 2.08. The maximum atomic E-state index is 11.1. The minimum Gasteiger partial charge on any atom is -0.341 e.